The summed E-state index contributed by atoms with van der Waals surface area (Å²) in [5, 5.41) is 4.06. The Morgan fingerprint density at radius 1 is 1.64 bits per heavy atom. The molecule has 0 spiro atoms. The quantitative estimate of drug-likeness (QED) is 0.366. The highest BCUT2D eigenvalue weighted by Crippen LogP contribution is 1.95. The molecule has 0 unspecified atom stereocenters. The van der Waals surface area contributed by atoms with Crippen LogP contribution in [0.1, 0.15) is 27.2 Å². The Morgan fingerprint density at radius 2 is 2.27 bits per heavy atom. The van der Waals surface area contributed by atoms with Crippen LogP contribution in [0.15, 0.2) is 17.8 Å². The molecular weight excluding hydrogens is 136 g/mol. The summed E-state index contributed by atoms with van der Waals surface area (Å²) >= 11 is 0. The van der Waals surface area contributed by atoms with Crippen molar-refractivity contribution in [2.75, 3.05) is 6.54 Å². The van der Waals surface area contributed by atoms with Gasteiger partial charge in [-0.25, -0.2) is 0 Å². The molecule has 0 amide bonds. The summed E-state index contributed by atoms with van der Waals surface area (Å²) in [7, 11) is 0. The van der Waals surface area contributed by atoms with Crippen molar-refractivity contribution in [2.45, 2.75) is 27.2 Å². The second-order valence-electron chi connectivity index (χ2n) is 3.05. The molecule has 0 bridgehead atoms. The molecule has 0 aromatic carbocycles. The standard InChI is InChI=1S/C9H18N2/c1-5-9(4)11-10-7-6-8(2)3/h5,8,10H,1,6-7H2,2-4H3. The largest absolute Gasteiger partial charge is 0.310 e. The fourth-order valence-electron chi connectivity index (χ4n) is 0.579. The van der Waals surface area contributed by atoms with Crippen LogP contribution in [0.25, 0.3) is 0 Å². The van der Waals surface area contributed by atoms with Crippen LogP contribution in [-0.4, -0.2) is 12.3 Å². The van der Waals surface area contributed by atoms with Gasteiger partial charge in [-0.3, -0.25) is 0 Å². The van der Waals surface area contributed by atoms with Crippen molar-refractivity contribution in [1.29, 1.82) is 0 Å². The van der Waals surface area contributed by atoms with E-state index in [4.69, 9.17) is 0 Å². The fraction of sp³-hybridized carbons (Fsp3) is 0.667. The summed E-state index contributed by atoms with van der Waals surface area (Å²) < 4.78 is 0. The van der Waals surface area contributed by atoms with Crippen LogP contribution in [0.4, 0.5) is 0 Å². The number of hydrazone groups is 1. The summed E-state index contributed by atoms with van der Waals surface area (Å²) in [6.07, 6.45) is 2.90. The maximum absolute atomic E-state index is 4.06. The van der Waals surface area contributed by atoms with Gasteiger partial charge >= 0.3 is 0 Å². The molecule has 11 heavy (non-hydrogen) atoms. The second-order valence-corrected chi connectivity index (χ2v) is 3.05. The molecule has 0 heterocycles. The van der Waals surface area contributed by atoms with Crippen LogP contribution >= 0.6 is 0 Å². The average molecular weight is 154 g/mol. The third-order valence-electron chi connectivity index (χ3n) is 1.38. The molecule has 2 heteroatoms. The van der Waals surface area contributed by atoms with Crippen LogP contribution in [0.3, 0.4) is 0 Å². The van der Waals surface area contributed by atoms with E-state index in [1.807, 2.05) is 6.92 Å². The molecule has 0 radical (unpaired) electrons. The normalized spacial score (nSPS) is 11.8. The summed E-state index contributed by atoms with van der Waals surface area (Å²) in [5.74, 6) is 0.738. The van der Waals surface area contributed by atoms with E-state index in [0.717, 1.165) is 24.6 Å². The first-order chi connectivity index (χ1) is 5.16. The third kappa shape index (κ3) is 7.10. The first kappa shape index (κ1) is 10.2. The van der Waals surface area contributed by atoms with Gasteiger partial charge in [0.05, 0.1) is 5.71 Å². The number of hydrogen-bond acceptors (Lipinski definition) is 2. The SMILES string of the molecule is C=CC(C)=NNCCC(C)C. The van der Waals surface area contributed by atoms with Crippen LogP contribution < -0.4 is 5.43 Å². The van der Waals surface area contributed by atoms with Crippen molar-refractivity contribution >= 4 is 5.71 Å². The van der Waals surface area contributed by atoms with Gasteiger partial charge in [-0.1, -0.05) is 20.4 Å². The van der Waals surface area contributed by atoms with Gasteiger partial charge in [-0.05, 0) is 25.3 Å². The molecule has 0 aromatic rings. The van der Waals surface area contributed by atoms with Gasteiger partial charge in [0.25, 0.3) is 0 Å². The van der Waals surface area contributed by atoms with Crippen molar-refractivity contribution in [3.05, 3.63) is 12.7 Å². The van der Waals surface area contributed by atoms with E-state index in [1.54, 1.807) is 6.08 Å². The van der Waals surface area contributed by atoms with Gasteiger partial charge in [0.1, 0.15) is 0 Å². The zero-order valence-corrected chi connectivity index (χ0v) is 7.72. The molecule has 0 aliphatic rings. The summed E-state index contributed by atoms with van der Waals surface area (Å²) in [6, 6.07) is 0. The van der Waals surface area contributed by atoms with Crippen molar-refractivity contribution in [2.24, 2.45) is 11.0 Å². The lowest BCUT2D eigenvalue weighted by Gasteiger charge is -2.03. The molecule has 0 aliphatic carbocycles. The zero-order chi connectivity index (χ0) is 8.69. The molecule has 0 saturated carbocycles. The maximum Gasteiger partial charge on any atom is 0.0566 e. The molecule has 0 rings (SSSR count). The third-order valence-corrected chi connectivity index (χ3v) is 1.38. The average Bonchev–Trinajstić information content (AvgIpc) is 1.97. The Kier molecular flexibility index (Phi) is 5.53. The molecule has 1 N–H and O–H groups in total. The zero-order valence-electron chi connectivity index (χ0n) is 7.72. The highest BCUT2D eigenvalue weighted by Gasteiger charge is 1.90. The van der Waals surface area contributed by atoms with Crippen molar-refractivity contribution in [1.82, 2.24) is 5.43 Å². The van der Waals surface area contributed by atoms with E-state index in [1.165, 1.54) is 0 Å². The predicted molar refractivity (Wildman–Crippen MR) is 50.8 cm³/mol. The highest BCUT2D eigenvalue weighted by atomic mass is 15.3. The van der Waals surface area contributed by atoms with Crippen molar-refractivity contribution < 1.29 is 0 Å². The van der Waals surface area contributed by atoms with Gasteiger partial charge in [-0.2, -0.15) is 5.10 Å². The molecular formula is C9H18N2. The lowest BCUT2D eigenvalue weighted by atomic mass is 10.1. The molecule has 0 saturated heterocycles. The Balaban J connectivity index is 3.33. The van der Waals surface area contributed by atoms with Crippen LogP contribution in [-0.2, 0) is 0 Å². The van der Waals surface area contributed by atoms with E-state index in [-0.39, 0.29) is 0 Å². The van der Waals surface area contributed by atoms with Gasteiger partial charge in [0.2, 0.25) is 0 Å². The number of nitrogens with zero attached hydrogens (tertiary/aromatic N) is 1. The van der Waals surface area contributed by atoms with E-state index in [9.17, 15) is 0 Å². The Morgan fingerprint density at radius 3 is 2.73 bits per heavy atom. The smallest absolute Gasteiger partial charge is 0.0566 e. The monoisotopic (exact) mass is 154 g/mol. The molecule has 64 valence electrons. The Hall–Kier alpha value is -0.790. The lowest BCUT2D eigenvalue weighted by Crippen LogP contribution is -2.11. The number of hydrogen-bond donors (Lipinski definition) is 1. The van der Waals surface area contributed by atoms with Crippen LogP contribution in [0.2, 0.25) is 0 Å². The van der Waals surface area contributed by atoms with Crippen LogP contribution in [0, 0.1) is 5.92 Å². The summed E-state index contributed by atoms with van der Waals surface area (Å²) in [6.45, 7) is 10.9. The van der Waals surface area contributed by atoms with Gasteiger partial charge in [-0.15, -0.1) is 0 Å². The Labute approximate surface area is 69.4 Å². The van der Waals surface area contributed by atoms with E-state index < -0.39 is 0 Å². The fourth-order valence-corrected chi connectivity index (χ4v) is 0.579. The minimum absolute atomic E-state index is 0.738. The van der Waals surface area contributed by atoms with Gasteiger partial charge in [0, 0.05) is 6.54 Å². The second kappa shape index (κ2) is 5.96. The lowest BCUT2D eigenvalue weighted by molar-refractivity contribution is 0.548. The number of allylic oxidation sites excluding steroid dienone is 1. The number of rotatable bonds is 5. The highest BCUT2D eigenvalue weighted by molar-refractivity contribution is 5.91. The van der Waals surface area contributed by atoms with E-state index >= 15 is 0 Å². The molecule has 0 fully saturated rings. The Bertz CT molecular complexity index is 136. The van der Waals surface area contributed by atoms with Crippen molar-refractivity contribution in [3.63, 3.8) is 0 Å². The summed E-state index contributed by atoms with van der Waals surface area (Å²) in [4.78, 5) is 0. The topological polar surface area (TPSA) is 24.4 Å². The van der Waals surface area contributed by atoms with Gasteiger partial charge < -0.3 is 5.43 Å². The number of nitrogens with one attached hydrogen (secondary N) is 1. The predicted octanol–water partition coefficient (Wildman–Crippen LogP) is 2.18. The molecule has 0 aliphatic heterocycles. The van der Waals surface area contributed by atoms with Gasteiger partial charge in [0.15, 0.2) is 0 Å². The first-order valence-corrected chi connectivity index (χ1v) is 4.06. The van der Waals surface area contributed by atoms with Crippen LogP contribution in [0.5, 0.6) is 0 Å². The van der Waals surface area contributed by atoms with Crippen molar-refractivity contribution in [3.8, 4) is 0 Å². The summed E-state index contributed by atoms with van der Waals surface area (Å²) in [5.41, 5.74) is 3.92. The minimum Gasteiger partial charge on any atom is -0.310 e. The first-order valence-electron chi connectivity index (χ1n) is 4.06. The van der Waals surface area contributed by atoms with E-state index in [0.29, 0.717) is 0 Å². The van der Waals surface area contributed by atoms with E-state index in [2.05, 4.69) is 31.0 Å². The maximum atomic E-state index is 4.06. The molecule has 2 nitrogen and oxygen atoms in total. The molecule has 0 atom stereocenters. The molecule has 0 aromatic heterocycles. The minimum atomic E-state index is 0.738.